The molecule has 7 nitrogen and oxygen atoms in total. The van der Waals surface area contributed by atoms with Gasteiger partial charge >= 0.3 is 0 Å². The molecule has 32 heavy (non-hydrogen) atoms. The SMILES string of the molecule is Cc1cc(C)n(-c2ccc(NC(=O)CCC(=O)N3CCC(c4ccccc4)=N3)cc2F)n1. The summed E-state index contributed by atoms with van der Waals surface area (Å²) in [6, 6.07) is 16.0. The van der Waals surface area contributed by atoms with E-state index in [2.05, 4.69) is 15.5 Å². The Morgan fingerprint density at radius 3 is 2.53 bits per heavy atom. The predicted molar refractivity (Wildman–Crippen MR) is 120 cm³/mol. The standard InChI is InChI=1S/C24H24FN5O2/c1-16-14-17(2)30(27-16)22-9-8-19(15-20(22)25)26-23(31)10-11-24(32)29-13-12-21(28-29)18-6-4-3-5-7-18/h3-9,14-15H,10-13H2,1-2H3,(H,26,31). The average Bonchev–Trinajstić information content (AvgIpc) is 3.39. The molecule has 4 rings (SSSR count). The molecule has 1 aliphatic rings. The van der Waals surface area contributed by atoms with Crippen LogP contribution in [0.2, 0.25) is 0 Å². The fourth-order valence-corrected chi connectivity index (χ4v) is 3.67. The summed E-state index contributed by atoms with van der Waals surface area (Å²) in [6.07, 6.45) is 0.707. The first kappa shape index (κ1) is 21.4. The van der Waals surface area contributed by atoms with Crippen molar-refractivity contribution in [3.63, 3.8) is 0 Å². The van der Waals surface area contributed by atoms with Crippen molar-refractivity contribution in [1.82, 2.24) is 14.8 Å². The van der Waals surface area contributed by atoms with Gasteiger partial charge in [0.15, 0.2) is 5.82 Å². The highest BCUT2D eigenvalue weighted by Gasteiger charge is 2.22. The van der Waals surface area contributed by atoms with Gasteiger partial charge in [-0.2, -0.15) is 10.2 Å². The van der Waals surface area contributed by atoms with Crippen molar-refractivity contribution in [2.24, 2.45) is 5.10 Å². The third-order valence-corrected chi connectivity index (χ3v) is 5.23. The van der Waals surface area contributed by atoms with Crippen LogP contribution in [0.3, 0.4) is 0 Å². The van der Waals surface area contributed by atoms with Crippen LogP contribution in [0.5, 0.6) is 0 Å². The lowest BCUT2D eigenvalue weighted by atomic mass is 10.1. The van der Waals surface area contributed by atoms with Gasteiger partial charge in [-0.15, -0.1) is 0 Å². The number of aryl methyl sites for hydroxylation is 2. The Labute approximate surface area is 185 Å². The molecule has 3 aromatic rings. The maximum Gasteiger partial charge on any atom is 0.243 e. The maximum absolute atomic E-state index is 14.6. The second-order valence-corrected chi connectivity index (χ2v) is 7.73. The summed E-state index contributed by atoms with van der Waals surface area (Å²) in [5.74, 6) is -1.06. The quantitative estimate of drug-likeness (QED) is 0.639. The van der Waals surface area contributed by atoms with Crippen molar-refractivity contribution in [3.8, 4) is 5.69 Å². The Bertz CT molecular complexity index is 1190. The van der Waals surface area contributed by atoms with Crippen molar-refractivity contribution in [2.75, 3.05) is 11.9 Å². The molecule has 0 saturated carbocycles. The van der Waals surface area contributed by atoms with E-state index in [1.807, 2.05) is 50.2 Å². The van der Waals surface area contributed by atoms with Crippen molar-refractivity contribution in [1.29, 1.82) is 0 Å². The fraction of sp³-hybridized carbons (Fsp3) is 0.250. The number of halogens is 1. The molecule has 2 aromatic carbocycles. The number of amides is 2. The largest absolute Gasteiger partial charge is 0.326 e. The minimum atomic E-state index is -0.495. The lowest BCUT2D eigenvalue weighted by Gasteiger charge is -2.12. The molecule has 0 spiro atoms. The average molecular weight is 433 g/mol. The molecule has 0 bridgehead atoms. The number of carbonyl (C=O) groups excluding carboxylic acids is 2. The minimum Gasteiger partial charge on any atom is -0.326 e. The smallest absolute Gasteiger partial charge is 0.243 e. The Balaban J connectivity index is 1.32. The minimum absolute atomic E-state index is 0.00759. The van der Waals surface area contributed by atoms with Crippen molar-refractivity contribution in [2.45, 2.75) is 33.1 Å². The number of rotatable bonds is 6. The number of hydrogen-bond donors (Lipinski definition) is 1. The molecular weight excluding hydrogens is 409 g/mol. The Morgan fingerprint density at radius 2 is 1.84 bits per heavy atom. The normalized spacial score (nSPS) is 13.2. The molecule has 8 heteroatoms. The number of carbonyl (C=O) groups is 2. The van der Waals surface area contributed by atoms with Crippen molar-refractivity contribution in [3.05, 3.63) is 77.4 Å². The Morgan fingerprint density at radius 1 is 1.06 bits per heavy atom. The second-order valence-electron chi connectivity index (χ2n) is 7.73. The third-order valence-electron chi connectivity index (χ3n) is 5.23. The van der Waals surface area contributed by atoms with Gasteiger partial charge in [-0.05, 0) is 43.7 Å². The molecule has 164 valence electrons. The van der Waals surface area contributed by atoms with Crippen LogP contribution in [0.1, 0.15) is 36.2 Å². The zero-order chi connectivity index (χ0) is 22.7. The number of hydrogen-bond acceptors (Lipinski definition) is 4. The van der Waals surface area contributed by atoms with Gasteiger partial charge in [0.2, 0.25) is 11.8 Å². The van der Waals surface area contributed by atoms with Gasteiger partial charge in [-0.3, -0.25) is 9.59 Å². The molecule has 0 radical (unpaired) electrons. The van der Waals surface area contributed by atoms with E-state index in [-0.39, 0.29) is 24.7 Å². The summed E-state index contributed by atoms with van der Waals surface area (Å²) in [5.41, 5.74) is 4.10. The molecule has 0 unspecified atom stereocenters. The van der Waals surface area contributed by atoms with E-state index in [0.29, 0.717) is 24.3 Å². The van der Waals surface area contributed by atoms with E-state index in [1.165, 1.54) is 15.8 Å². The molecule has 2 amide bonds. The van der Waals surface area contributed by atoms with Gasteiger partial charge < -0.3 is 5.32 Å². The summed E-state index contributed by atoms with van der Waals surface area (Å²) in [7, 11) is 0. The number of anilines is 1. The van der Waals surface area contributed by atoms with Crippen LogP contribution in [0, 0.1) is 19.7 Å². The molecule has 2 heterocycles. The van der Waals surface area contributed by atoms with Crippen LogP contribution in [-0.2, 0) is 9.59 Å². The number of aromatic nitrogens is 2. The highest BCUT2D eigenvalue weighted by Crippen LogP contribution is 2.20. The molecular formula is C24H24FN5O2. The lowest BCUT2D eigenvalue weighted by molar-refractivity contribution is -0.132. The van der Waals surface area contributed by atoms with Crippen LogP contribution < -0.4 is 5.32 Å². The van der Waals surface area contributed by atoms with E-state index < -0.39 is 5.82 Å². The summed E-state index contributed by atoms with van der Waals surface area (Å²) in [4.78, 5) is 24.7. The zero-order valence-corrected chi connectivity index (χ0v) is 18.0. The first-order valence-electron chi connectivity index (χ1n) is 10.5. The highest BCUT2D eigenvalue weighted by molar-refractivity contribution is 6.02. The Hall–Kier alpha value is -3.81. The van der Waals surface area contributed by atoms with Crippen LogP contribution in [0.4, 0.5) is 10.1 Å². The number of hydrazone groups is 1. The second kappa shape index (κ2) is 9.13. The van der Waals surface area contributed by atoms with Crippen LogP contribution in [0.25, 0.3) is 5.69 Å². The lowest BCUT2D eigenvalue weighted by Crippen LogP contribution is -2.25. The molecule has 0 aliphatic carbocycles. The number of benzene rings is 2. The van der Waals surface area contributed by atoms with Crippen LogP contribution in [0.15, 0.2) is 59.7 Å². The van der Waals surface area contributed by atoms with Gasteiger partial charge in [-0.25, -0.2) is 14.1 Å². The first-order chi connectivity index (χ1) is 15.4. The van der Waals surface area contributed by atoms with E-state index in [1.54, 1.807) is 12.1 Å². The van der Waals surface area contributed by atoms with Crippen LogP contribution >= 0.6 is 0 Å². The van der Waals surface area contributed by atoms with Gasteiger partial charge in [0.1, 0.15) is 5.69 Å². The molecule has 0 fully saturated rings. The van der Waals surface area contributed by atoms with Gasteiger partial charge in [0.05, 0.1) is 18.0 Å². The summed E-state index contributed by atoms with van der Waals surface area (Å²) >= 11 is 0. The molecule has 0 atom stereocenters. The summed E-state index contributed by atoms with van der Waals surface area (Å²) in [6.45, 7) is 4.19. The van der Waals surface area contributed by atoms with Crippen molar-refractivity contribution < 1.29 is 14.0 Å². The van der Waals surface area contributed by atoms with Crippen molar-refractivity contribution >= 4 is 23.2 Å². The summed E-state index contributed by atoms with van der Waals surface area (Å²) in [5, 5.41) is 12.7. The zero-order valence-electron chi connectivity index (χ0n) is 18.0. The molecule has 1 N–H and O–H groups in total. The number of nitrogens with one attached hydrogen (secondary N) is 1. The molecule has 0 saturated heterocycles. The summed E-state index contributed by atoms with van der Waals surface area (Å²) < 4.78 is 16.1. The van der Waals surface area contributed by atoms with Gasteiger partial charge in [-0.1, -0.05) is 30.3 Å². The Kier molecular flexibility index (Phi) is 6.11. The number of nitrogens with zero attached hydrogens (tertiary/aromatic N) is 4. The predicted octanol–water partition coefficient (Wildman–Crippen LogP) is 3.98. The third kappa shape index (κ3) is 4.74. The van der Waals surface area contributed by atoms with Crippen LogP contribution in [-0.4, -0.2) is 38.9 Å². The molecule has 1 aromatic heterocycles. The van der Waals surface area contributed by atoms with Gasteiger partial charge in [0.25, 0.3) is 0 Å². The topological polar surface area (TPSA) is 79.6 Å². The molecule has 1 aliphatic heterocycles. The first-order valence-corrected chi connectivity index (χ1v) is 10.5. The van der Waals surface area contributed by atoms with E-state index >= 15 is 0 Å². The van der Waals surface area contributed by atoms with E-state index in [9.17, 15) is 14.0 Å². The fourth-order valence-electron chi connectivity index (χ4n) is 3.67. The maximum atomic E-state index is 14.6. The van der Waals surface area contributed by atoms with Gasteiger partial charge in [0, 0.05) is 30.6 Å². The van der Waals surface area contributed by atoms with E-state index in [0.717, 1.165) is 22.7 Å². The highest BCUT2D eigenvalue weighted by atomic mass is 19.1. The van der Waals surface area contributed by atoms with E-state index in [4.69, 9.17) is 0 Å². The monoisotopic (exact) mass is 433 g/mol.